The predicted molar refractivity (Wildman–Crippen MR) is 558 cm³/mol. The molecule has 0 unspecified atom stereocenters. The minimum absolute atomic E-state index is 0. The number of nitrogens with zero attached hydrogens (tertiary/aromatic N) is 6. The van der Waals surface area contributed by atoms with Crippen LogP contribution >= 0.6 is 0 Å². The summed E-state index contributed by atoms with van der Waals surface area (Å²) in [4.78, 5) is 24.9. The third-order valence-electron chi connectivity index (χ3n) is 26.9. The standard InChI is InChI=1S/3C42H27N3O.3Li/c46-40-22-21-34(35-18-9-23-43-41(35)40)33-17-8-12-29-25-36-28(26-37(29)33)11-7-16-32(36)27-10-6-13-30(24-27)42-44-38-19-4-5-20-39(38)45(42)31-14-2-1-3-15-31;46-40-18-8-9-28-23-24-37(43-41(28)40)34-15-7-11-31-25-35-30(26-36(31)34)10-6-14-33(35)27-19-21-29(22-20-27)42-44-38-16-4-5-17-39(38)45(42)32-12-2-1-3-13-32;46-41-35(23-22-28-11-8-24-43-40(28)41)34-15-7-10-31-25-36-30(26-37(31)34)9-6-14-33(36)27-18-20-29(21-19-27)42-44-38-16-4-5-17-39(38)45(42)32-12-2-1-3-13-32;;;/h3*1-26,46H;;;/q;;;3*+1. The SMILES string of the molecule is [Li+].[Li+].[Li+].[O-]c1c(-c2cccc3cc4c(-c5ccc(-c6nc7ccccc7n6-c6ccccc6)cc5)cccc4cc23)ccc2ccc[nH+]c12.[O-]c1ccc(-c2cccc3cc4c(-c5cccc(-c6nc7ccccc7n6-c6ccccc6)c5)cccc4cc23)c2ccc[nH+]c12.[O-]c1cccc2ccc(-c3cccc4cc5c(-c6ccc(-c7nc8ccccc8n7-c7ccccc7)cc6)cccc5cc34)[nH+]c12. The first kappa shape index (κ1) is 89.2. The van der Waals surface area contributed by atoms with Gasteiger partial charge in [-0.25, -0.2) is 29.9 Å². The summed E-state index contributed by atoms with van der Waals surface area (Å²) in [5.41, 5.74) is 27.2. The zero-order valence-corrected chi connectivity index (χ0v) is 77.4. The third kappa shape index (κ3) is 16.2. The van der Waals surface area contributed by atoms with E-state index in [1.54, 1.807) is 30.6 Å². The van der Waals surface area contributed by atoms with E-state index in [1.807, 2.05) is 103 Å². The van der Waals surface area contributed by atoms with Gasteiger partial charge in [0, 0.05) is 62.7 Å². The molecule has 12 nitrogen and oxygen atoms in total. The van der Waals surface area contributed by atoms with Crippen LogP contribution in [-0.2, 0) is 0 Å². The van der Waals surface area contributed by atoms with Gasteiger partial charge in [-0.1, -0.05) is 291 Å². The first-order chi connectivity index (χ1) is 68.2. The van der Waals surface area contributed by atoms with Gasteiger partial charge in [-0.3, -0.25) is 13.7 Å². The summed E-state index contributed by atoms with van der Waals surface area (Å²) >= 11 is 0. The van der Waals surface area contributed by atoms with Crippen LogP contribution in [0.2, 0.25) is 0 Å². The molecule has 0 radical (unpaired) electrons. The fraction of sp³-hybridized carbons (Fsp3) is 0. The predicted octanol–water partition coefficient (Wildman–Crippen LogP) is 19.1. The Morgan fingerprint density at radius 1 is 0.199 bits per heavy atom. The summed E-state index contributed by atoms with van der Waals surface area (Å²) in [6.45, 7) is 0. The second-order valence-electron chi connectivity index (χ2n) is 35.0. The Morgan fingerprint density at radius 3 is 1.01 bits per heavy atom. The molecule has 27 aromatic rings. The van der Waals surface area contributed by atoms with E-state index in [0.29, 0.717) is 22.1 Å². The molecule has 0 aliphatic heterocycles. The molecule has 0 fully saturated rings. The number of hydrogen-bond acceptors (Lipinski definition) is 6. The number of hydrogen-bond donors (Lipinski definition) is 0. The molecule has 3 N–H and O–H groups in total. The van der Waals surface area contributed by atoms with Crippen LogP contribution in [0.15, 0.2) is 473 Å². The number of nitrogens with one attached hydrogen (secondary N) is 3. The average molecular weight is 1790 g/mol. The van der Waals surface area contributed by atoms with Crippen LogP contribution in [0.4, 0.5) is 0 Å². The van der Waals surface area contributed by atoms with Crippen molar-refractivity contribution in [1.82, 2.24) is 28.7 Å². The van der Waals surface area contributed by atoms with Crippen LogP contribution < -0.4 is 86.9 Å². The first-order valence-corrected chi connectivity index (χ1v) is 46.3. The Hall–Kier alpha value is -17.0. The summed E-state index contributed by atoms with van der Waals surface area (Å²) in [7, 11) is 0. The van der Waals surface area contributed by atoms with E-state index in [1.165, 1.54) is 27.3 Å². The molecule has 21 aromatic carbocycles. The largest absolute Gasteiger partial charge is 1.00 e. The Kier molecular flexibility index (Phi) is 23.9. The van der Waals surface area contributed by atoms with Gasteiger partial charge in [0.2, 0.25) is 22.2 Å². The van der Waals surface area contributed by atoms with E-state index < -0.39 is 0 Å². The summed E-state index contributed by atoms with van der Waals surface area (Å²) in [6, 6.07) is 159. The van der Waals surface area contributed by atoms with Gasteiger partial charge in [-0.15, -0.1) is 0 Å². The van der Waals surface area contributed by atoms with E-state index in [4.69, 9.17) is 15.0 Å². The molecule has 0 aliphatic carbocycles. The van der Waals surface area contributed by atoms with Gasteiger partial charge >= 0.3 is 56.6 Å². The molecule has 15 heteroatoms. The molecule has 0 saturated heterocycles. The zero-order chi connectivity index (χ0) is 91.8. The number of benzene rings is 21. The molecule has 648 valence electrons. The number of para-hydroxylation sites is 10. The maximum atomic E-state index is 13.5. The van der Waals surface area contributed by atoms with Crippen LogP contribution in [0.25, 0.3) is 249 Å². The normalized spacial score (nSPS) is 11.3. The van der Waals surface area contributed by atoms with Gasteiger partial charge in [0.05, 0.1) is 44.0 Å². The fourth-order valence-corrected chi connectivity index (χ4v) is 20.4. The van der Waals surface area contributed by atoms with Gasteiger partial charge in [0.25, 0.3) is 0 Å². The van der Waals surface area contributed by atoms with Crippen molar-refractivity contribution in [2.75, 3.05) is 0 Å². The number of H-pyrrole nitrogens is 3. The van der Waals surface area contributed by atoms with Crippen molar-refractivity contribution in [3.63, 3.8) is 0 Å². The molecule has 0 spiro atoms. The van der Waals surface area contributed by atoms with E-state index in [2.05, 4.69) is 368 Å². The molecule has 0 bridgehead atoms. The van der Waals surface area contributed by atoms with Crippen molar-refractivity contribution in [3.8, 4) is 135 Å². The molecule has 0 aliphatic rings. The molecular formula is C126H81Li3N9O3+3. The molecule has 6 heterocycles. The topological polar surface area (TPSA) is 165 Å². The Bertz CT molecular complexity index is 9510. The van der Waals surface area contributed by atoms with Gasteiger partial charge in [-0.05, 0) is 289 Å². The summed E-state index contributed by atoms with van der Waals surface area (Å²) in [6.07, 6.45) is 3.61. The number of fused-ring (bicyclic) bond motifs is 12. The van der Waals surface area contributed by atoms with E-state index in [0.717, 1.165) is 199 Å². The maximum Gasteiger partial charge on any atom is 1.00 e. The molecule has 141 heavy (non-hydrogen) atoms. The van der Waals surface area contributed by atoms with E-state index in [-0.39, 0.29) is 73.8 Å². The van der Waals surface area contributed by atoms with Crippen LogP contribution in [-0.4, -0.2) is 28.7 Å². The number of pyridine rings is 3. The minimum atomic E-state index is -0.00348. The van der Waals surface area contributed by atoms with Crippen LogP contribution in [0.5, 0.6) is 17.2 Å². The summed E-state index contributed by atoms with van der Waals surface area (Å²) in [5, 5.41) is 55.2. The van der Waals surface area contributed by atoms with Gasteiger partial charge in [0.15, 0.2) is 12.4 Å². The van der Waals surface area contributed by atoms with E-state index >= 15 is 0 Å². The van der Waals surface area contributed by atoms with Crippen molar-refractivity contribution in [2.45, 2.75) is 0 Å². The Morgan fingerprint density at radius 2 is 0.525 bits per heavy atom. The van der Waals surface area contributed by atoms with Gasteiger partial charge in [-0.2, -0.15) is 0 Å². The molecule has 6 aromatic heterocycles. The van der Waals surface area contributed by atoms with Crippen molar-refractivity contribution in [2.24, 2.45) is 0 Å². The Labute approximate surface area is 847 Å². The number of imidazole rings is 3. The van der Waals surface area contributed by atoms with Crippen molar-refractivity contribution >= 4 is 130 Å². The van der Waals surface area contributed by atoms with E-state index in [9.17, 15) is 15.3 Å². The monoisotopic (exact) mass is 1790 g/mol. The second-order valence-corrected chi connectivity index (χ2v) is 35.0. The van der Waals surface area contributed by atoms with Gasteiger partial charge in [0.1, 0.15) is 17.5 Å². The quantitative estimate of drug-likeness (QED) is 0.0872. The number of aromatic nitrogens is 9. The molecule has 0 atom stereocenters. The number of aromatic amines is 3. The summed E-state index contributed by atoms with van der Waals surface area (Å²) < 4.78 is 6.71. The Balaban J connectivity index is 0.000000120. The number of rotatable bonds is 12. The summed E-state index contributed by atoms with van der Waals surface area (Å²) in [5.74, 6) is 2.76. The molecule has 0 amide bonds. The van der Waals surface area contributed by atoms with Crippen molar-refractivity contribution in [3.05, 3.63) is 473 Å². The van der Waals surface area contributed by atoms with Crippen molar-refractivity contribution in [1.29, 1.82) is 0 Å². The first-order valence-electron chi connectivity index (χ1n) is 46.3. The van der Waals surface area contributed by atoms with Crippen molar-refractivity contribution < 1.29 is 86.9 Å². The van der Waals surface area contributed by atoms with Crippen LogP contribution in [0.1, 0.15) is 0 Å². The fourth-order valence-electron chi connectivity index (χ4n) is 20.4. The smallest absolute Gasteiger partial charge is 0.868 e. The van der Waals surface area contributed by atoms with Crippen LogP contribution in [0, 0.1) is 0 Å². The molecular weight excluding hydrogens is 1710 g/mol. The minimum Gasteiger partial charge on any atom is -0.868 e. The maximum absolute atomic E-state index is 13.5. The average Bonchev–Trinajstić information content (AvgIpc) is 1.75. The van der Waals surface area contributed by atoms with Gasteiger partial charge < -0.3 is 15.3 Å². The molecule has 0 saturated carbocycles. The zero-order valence-electron chi connectivity index (χ0n) is 77.4. The molecule has 27 rings (SSSR count). The van der Waals surface area contributed by atoms with Crippen LogP contribution in [0.3, 0.4) is 0 Å². The second kappa shape index (κ2) is 37.8. The third-order valence-corrected chi connectivity index (χ3v) is 26.9.